The number of hydrogen-bond donors (Lipinski definition) is 0. The molecule has 0 saturated heterocycles. The van der Waals surface area contributed by atoms with E-state index < -0.39 is 16.4 Å². The van der Waals surface area contributed by atoms with Crippen molar-refractivity contribution < 1.29 is 4.43 Å². The highest BCUT2D eigenvalue weighted by Gasteiger charge is 2.51. The highest BCUT2D eigenvalue weighted by atomic mass is 32.1. The number of rotatable bonds is 4. The van der Waals surface area contributed by atoms with Gasteiger partial charge in [0.15, 0.2) is 8.32 Å². The average Bonchev–Trinajstić information content (AvgIpc) is 3.15. The molecule has 0 saturated carbocycles. The molecule has 2 aliphatic rings. The first-order valence-electron chi connectivity index (χ1n) is 11.2. The van der Waals surface area contributed by atoms with E-state index in [1.165, 1.54) is 27.2 Å². The zero-order valence-electron chi connectivity index (χ0n) is 19.6. The van der Waals surface area contributed by atoms with E-state index in [4.69, 9.17) is 11.0 Å². The average molecular weight is 453 g/mol. The monoisotopic (exact) mass is 452 g/mol. The largest absolute Gasteiger partial charge is 0.411 e. The Labute approximate surface area is 189 Å². The number of hydrogen-bond acceptors (Lipinski definition) is 2. The van der Waals surface area contributed by atoms with Crippen LogP contribution in [-0.2, 0) is 9.84 Å². The van der Waals surface area contributed by atoms with Crippen molar-refractivity contribution in [2.24, 2.45) is 5.92 Å². The van der Waals surface area contributed by atoms with E-state index in [9.17, 15) is 0 Å². The van der Waals surface area contributed by atoms with Gasteiger partial charge in [-0.25, -0.2) is 0 Å². The minimum Gasteiger partial charge on any atom is -0.411 e. The van der Waals surface area contributed by atoms with Crippen molar-refractivity contribution in [2.45, 2.75) is 70.6 Å². The predicted molar refractivity (Wildman–Crippen MR) is 137 cm³/mol. The van der Waals surface area contributed by atoms with Crippen molar-refractivity contribution in [3.8, 4) is 0 Å². The molecule has 4 heteroatoms. The minimum atomic E-state index is -1.66. The lowest BCUT2D eigenvalue weighted by molar-refractivity contribution is 0.123. The number of thiophene rings is 1. The van der Waals surface area contributed by atoms with E-state index in [-0.39, 0.29) is 11.5 Å². The highest BCUT2D eigenvalue weighted by molar-refractivity contribution is 7.11. The van der Waals surface area contributed by atoms with Crippen LogP contribution in [-0.4, -0.2) is 16.4 Å². The van der Waals surface area contributed by atoms with Gasteiger partial charge in [0.2, 0.25) is 0 Å². The van der Waals surface area contributed by atoms with Gasteiger partial charge in [0.1, 0.15) is 0 Å². The molecule has 1 nitrogen and oxygen atoms in total. The molecule has 30 heavy (non-hydrogen) atoms. The van der Waals surface area contributed by atoms with Gasteiger partial charge >= 0.3 is 0 Å². The van der Waals surface area contributed by atoms with Crippen LogP contribution in [0.15, 0.2) is 59.1 Å². The molecule has 0 N–H and O–H groups in total. The van der Waals surface area contributed by atoms with Crippen LogP contribution < -0.4 is 0 Å². The van der Waals surface area contributed by atoms with E-state index in [2.05, 4.69) is 88.0 Å². The topological polar surface area (TPSA) is 9.23 Å². The lowest BCUT2D eigenvalue weighted by Crippen LogP contribution is -2.46. The Morgan fingerprint density at radius 1 is 1.03 bits per heavy atom. The van der Waals surface area contributed by atoms with Gasteiger partial charge in [0, 0.05) is 10.3 Å². The summed E-state index contributed by atoms with van der Waals surface area (Å²) in [6.45, 7) is 21.7. The molecule has 0 amide bonds. The van der Waals surface area contributed by atoms with Crippen molar-refractivity contribution in [1.29, 1.82) is 0 Å². The smallest absolute Gasteiger partial charge is 0.184 e. The summed E-state index contributed by atoms with van der Waals surface area (Å²) < 4.78 is 6.76. The molecule has 3 atom stereocenters. The summed E-state index contributed by atoms with van der Waals surface area (Å²) in [6.07, 6.45) is 2.38. The van der Waals surface area contributed by atoms with Crippen LogP contribution in [0.1, 0.15) is 41.9 Å². The molecular formula is C26H36OSSi2. The Bertz CT molecular complexity index is 991. The lowest BCUT2D eigenvalue weighted by Gasteiger charge is -2.52. The van der Waals surface area contributed by atoms with Gasteiger partial charge < -0.3 is 4.43 Å². The van der Waals surface area contributed by atoms with Crippen molar-refractivity contribution in [1.82, 2.24) is 0 Å². The lowest BCUT2D eigenvalue weighted by atomic mass is 9.56. The molecule has 2 aromatic rings. The van der Waals surface area contributed by atoms with Crippen molar-refractivity contribution in [3.63, 3.8) is 0 Å². The molecule has 160 valence electrons. The van der Waals surface area contributed by atoms with Gasteiger partial charge in [-0.05, 0) is 72.1 Å². The molecule has 0 aliphatic heterocycles. The number of fused-ring (bicyclic) bond motifs is 3. The Kier molecular flexibility index (Phi) is 5.46. The Morgan fingerprint density at radius 2 is 1.73 bits per heavy atom. The van der Waals surface area contributed by atoms with Crippen LogP contribution in [0.25, 0.3) is 5.57 Å². The fourth-order valence-corrected chi connectivity index (χ4v) is 9.51. The molecule has 0 radical (unpaired) electrons. The fraction of sp³-hybridized carbons (Fsp3) is 0.462. The second-order valence-electron chi connectivity index (χ2n) is 11.3. The molecule has 1 aromatic heterocycles. The zero-order chi connectivity index (χ0) is 21.9. The first-order valence-corrected chi connectivity index (χ1v) is 18.9. The van der Waals surface area contributed by atoms with Crippen LogP contribution in [0.2, 0.25) is 39.3 Å². The predicted octanol–water partition coefficient (Wildman–Crippen LogP) is 8.21. The molecule has 0 spiro atoms. The molecule has 4 rings (SSSR count). The molecule has 2 aliphatic carbocycles. The highest BCUT2D eigenvalue weighted by Crippen LogP contribution is 2.59. The maximum atomic E-state index is 6.76. The van der Waals surface area contributed by atoms with Gasteiger partial charge in [0.25, 0.3) is 0 Å². The van der Waals surface area contributed by atoms with Gasteiger partial charge in [-0.15, -0.1) is 11.3 Å². The first-order chi connectivity index (χ1) is 13.9. The van der Waals surface area contributed by atoms with E-state index >= 15 is 0 Å². The third kappa shape index (κ3) is 3.77. The Morgan fingerprint density at radius 3 is 2.33 bits per heavy atom. The Balaban J connectivity index is 1.91. The third-order valence-corrected chi connectivity index (χ3v) is 11.0. The summed E-state index contributed by atoms with van der Waals surface area (Å²) in [5.74, 6) is 0.422. The van der Waals surface area contributed by atoms with E-state index in [0.29, 0.717) is 5.92 Å². The maximum Gasteiger partial charge on any atom is 0.184 e. The quantitative estimate of drug-likeness (QED) is 0.425. The van der Waals surface area contributed by atoms with Gasteiger partial charge in [0.05, 0.1) is 14.2 Å². The number of benzene rings is 1. The van der Waals surface area contributed by atoms with Crippen LogP contribution in [0.4, 0.5) is 0 Å². The van der Waals surface area contributed by atoms with Crippen LogP contribution in [0, 0.1) is 5.92 Å². The summed E-state index contributed by atoms with van der Waals surface area (Å²) in [5, 5.41) is 3.89. The normalized spacial score (nSPS) is 27.1. The molecule has 0 unspecified atom stereocenters. The van der Waals surface area contributed by atoms with Crippen LogP contribution in [0.3, 0.4) is 0 Å². The number of allylic oxidation sites excluding steroid dienone is 3. The van der Waals surface area contributed by atoms with Gasteiger partial charge in [-0.1, -0.05) is 68.7 Å². The van der Waals surface area contributed by atoms with E-state index in [0.717, 1.165) is 12.8 Å². The van der Waals surface area contributed by atoms with Crippen LogP contribution in [0.5, 0.6) is 0 Å². The van der Waals surface area contributed by atoms with E-state index in [1.807, 2.05) is 11.3 Å². The molecular weight excluding hydrogens is 417 g/mol. The SMILES string of the molecule is C=C1C(c2cccs2)=C([Si](C)(C)C)C[C@]2(C)c3ccccc3[C@H](O[Si](C)(C)C)C[C@@H]12. The maximum absolute atomic E-state index is 6.76. The third-order valence-electron chi connectivity index (χ3n) is 6.90. The summed E-state index contributed by atoms with van der Waals surface area (Å²) in [6, 6.07) is 13.6. The van der Waals surface area contributed by atoms with Crippen molar-refractivity contribution in [3.05, 3.63) is 75.1 Å². The second kappa shape index (κ2) is 7.44. The molecule has 0 bridgehead atoms. The fourth-order valence-electron chi connectivity index (χ4n) is 5.56. The van der Waals surface area contributed by atoms with Gasteiger partial charge in [-0.3, -0.25) is 0 Å². The van der Waals surface area contributed by atoms with Crippen molar-refractivity contribution in [2.75, 3.05) is 0 Å². The summed E-state index contributed by atoms with van der Waals surface area (Å²) >= 11 is 1.87. The summed E-state index contributed by atoms with van der Waals surface area (Å²) in [4.78, 5) is 1.40. The molecule has 1 aromatic carbocycles. The second-order valence-corrected chi connectivity index (χ2v) is 21.8. The van der Waals surface area contributed by atoms with E-state index in [1.54, 1.807) is 5.20 Å². The Hall–Kier alpha value is -1.21. The summed E-state index contributed by atoms with van der Waals surface area (Å²) in [7, 11) is -3.18. The summed E-state index contributed by atoms with van der Waals surface area (Å²) in [5.41, 5.74) is 5.84. The molecule has 0 fully saturated rings. The standard InChI is InChI=1S/C26H36OSSi2/c1-18-21-16-22(27-30(6,7)8)19-12-9-10-13-20(19)26(21,2)17-24(29(3,4)5)25(18)23-14-11-15-28-23/h9-15,21-22H,1,16-17H2,2-8H3/t21-,22+,26+/m0/s1. The van der Waals surface area contributed by atoms with Crippen molar-refractivity contribution >= 4 is 33.3 Å². The molecule has 1 heterocycles. The van der Waals surface area contributed by atoms with Gasteiger partial charge in [-0.2, -0.15) is 0 Å². The minimum absolute atomic E-state index is 0.101. The first kappa shape index (κ1) is 22.0. The zero-order valence-corrected chi connectivity index (χ0v) is 22.5. The van der Waals surface area contributed by atoms with Crippen LogP contribution >= 0.6 is 11.3 Å².